The van der Waals surface area contributed by atoms with Gasteiger partial charge in [0, 0.05) is 12.4 Å². The molecule has 0 radical (unpaired) electrons. The van der Waals surface area contributed by atoms with Gasteiger partial charge in [-0.3, -0.25) is 0 Å². The molecule has 0 fully saturated rings. The minimum atomic E-state index is -3.13. The number of rotatable bonds is 6. The second-order valence-electron chi connectivity index (χ2n) is 2.64. The standard InChI is InChI=1S/C7H14ClNO2S/c1-7(2)6-9-12(10,11)5-3-4-8/h9H,1,3-6H2,2H3. The normalized spacial score (nSPS) is 11.5. The molecule has 0 aromatic carbocycles. The average molecular weight is 212 g/mol. The highest BCUT2D eigenvalue weighted by molar-refractivity contribution is 7.89. The summed E-state index contributed by atoms with van der Waals surface area (Å²) in [6, 6.07) is 0. The molecule has 0 spiro atoms. The van der Waals surface area contributed by atoms with Gasteiger partial charge in [-0.2, -0.15) is 0 Å². The van der Waals surface area contributed by atoms with Crippen molar-refractivity contribution in [3.63, 3.8) is 0 Å². The number of hydrogen-bond donors (Lipinski definition) is 1. The first-order valence-corrected chi connectivity index (χ1v) is 5.84. The molecule has 0 amide bonds. The first kappa shape index (κ1) is 11.9. The molecule has 0 heterocycles. The fourth-order valence-electron chi connectivity index (χ4n) is 0.550. The molecule has 3 nitrogen and oxygen atoms in total. The Morgan fingerprint density at radius 3 is 2.58 bits per heavy atom. The Hall–Kier alpha value is -0.0600. The molecule has 0 saturated heterocycles. The monoisotopic (exact) mass is 211 g/mol. The molecule has 12 heavy (non-hydrogen) atoms. The minimum Gasteiger partial charge on any atom is -0.212 e. The molecule has 0 aliphatic heterocycles. The predicted molar refractivity (Wildman–Crippen MR) is 51.9 cm³/mol. The van der Waals surface area contributed by atoms with Crippen molar-refractivity contribution < 1.29 is 8.42 Å². The molecule has 0 aliphatic carbocycles. The summed E-state index contributed by atoms with van der Waals surface area (Å²) in [7, 11) is -3.13. The lowest BCUT2D eigenvalue weighted by Crippen LogP contribution is -2.27. The second-order valence-corrected chi connectivity index (χ2v) is 4.94. The van der Waals surface area contributed by atoms with E-state index in [4.69, 9.17) is 11.6 Å². The van der Waals surface area contributed by atoms with Crippen LogP contribution in [0.3, 0.4) is 0 Å². The zero-order chi connectivity index (χ0) is 9.61. The number of sulfonamides is 1. The molecule has 0 rings (SSSR count). The lowest BCUT2D eigenvalue weighted by molar-refractivity contribution is 0.583. The van der Waals surface area contributed by atoms with Crippen LogP contribution in [0.25, 0.3) is 0 Å². The third kappa shape index (κ3) is 6.64. The molecular weight excluding hydrogens is 198 g/mol. The average Bonchev–Trinajstić information content (AvgIpc) is 1.98. The van der Waals surface area contributed by atoms with Gasteiger partial charge >= 0.3 is 0 Å². The van der Waals surface area contributed by atoms with E-state index in [1.54, 1.807) is 6.92 Å². The number of nitrogens with one attached hydrogen (secondary N) is 1. The summed E-state index contributed by atoms with van der Waals surface area (Å²) < 4.78 is 24.6. The Bertz CT molecular complexity index is 236. The summed E-state index contributed by atoms with van der Waals surface area (Å²) in [6.07, 6.45) is 0.479. The molecule has 1 N–H and O–H groups in total. The highest BCUT2D eigenvalue weighted by atomic mass is 35.5. The van der Waals surface area contributed by atoms with E-state index < -0.39 is 10.0 Å². The minimum absolute atomic E-state index is 0.0871. The second kappa shape index (κ2) is 5.56. The summed E-state index contributed by atoms with van der Waals surface area (Å²) in [5.74, 6) is 0.456. The van der Waals surface area contributed by atoms with Crippen molar-refractivity contribution in [3.05, 3.63) is 12.2 Å². The van der Waals surface area contributed by atoms with Gasteiger partial charge in [-0.15, -0.1) is 11.6 Å². The van der Waals surface area contributed by atoms with Gasteiger partial charge in [-0.25, -0.2) is 13.1 Å². The van der Waals surface area contributed by atoms with Gasteiger partial charge in [0.15, 0.2) is 0 Å². The van der Waals surface area contributed by atoms with Crippen molar-refractivity contribution in [1.82, 2.24) is 4.72 Å². The Morgan fingerprint density at radius 2 is 2.17 bits per heavy atom. The van der Waals surface area contributed by atoms with Crippen LogP contribution in [0.15, 0.2) is 12.2 Å². The summed E-state index contributed by atoms with van der Waals surface area (Å²) in [5.41, 5.74) is 0.796. The number of hydrogen-bond acceptors (Lipinski definition) is 2. The quantitative estimate of drug-likeness (QED) is 0.529. The van der Waals surface area contributed by atoms with Crippen LogP contribution in [-0.4, -0.2) is 26.6 Å². The van der Waals surface area contributed by atoms with E-state index in [0.717, 1.165) is 5.57 Å². The molecule has 0 unspecified atom stereocenters. The van der Waals surface area contributed by atoms with Crippen LogP contribution >= 0.6 is 11.6 Å². The highest BCUT2D eigenvalue weighted by Crippen LogP contribution is 1.93. The van der Waals surface area contributed by atoms with Gasteiger partial charge in [0.1, 0.15) is 0 Å². The van der Waals surface area contributed by atoms with Crippen molar-refractivity contribution in [3.8, 4) is 0 Å². The molecule has 0 aromatic rings. The fourth-order valence-corrected chi connectivity index (χ4v) is 1.98. The van der Waals surface area contributed by atoms with Crippen molar-refractivity contribution in [2.75, 3.05) is 18.2 Å². The fraction of sp³-hybridized carbons (Fsp3) is 0.714. The van der Waals surface area contributed by atoms with Gasteiger partial charge in [0.05, 0.1) is 5.75 Å². The van der Waals surface area contributed by atoms with E-state index in [2.05, 4.69) is 11.3 Å². The van der Waals surface area contributed by atoms with Crippen molar-refractivity contribution in [2.45, 2.75) is 13.3 Å². The van der Waals surface area contributed by atoms with Crippen LogP contribution in [0.1, 0.15) is 13.3 Å². The maximum Gasteiger partial charge on any atom is 0.211 e. The van der Waals surface area contributed by atoms with Gasteiger partial charge in [-0.05, 0) is 13.3 Å². The van der Waals surface area contributed by atoms with Crippen molar-refractivity contribution in [1.29, 1.82) is 0 Å². The van der Waals surface area contributed by atoms with E-state index in [1.165, 1.54) is 0 Å². The van der Waals surface area contributed by atoms with Crippen LogP contribution in [0.5, 0.6) is 0 Å². The molecule has 0 aromatic heterocycles. The third-order valence-electron chi connectivity index (χ3n) is 1.14. The Morgan fingerprint density at radius 1 is 1.58 bits per heavy atom. The van der Waals surface area contributed by atoms with Gasteiger partial charge < -0.3 is 0 Å². The van der Waals surface area contributed by atoms with Crippen molar-refractivity contribution >= 4 is 21.6 Å². The summed E-state index contributed by atoms with van der Waals surface area (Å²) in [6.45, 7) is 5.66. The van der Waals surface area contributed by atoms with E-state index in [-0.39, 0.29) is 5.75 Å². The molecule has 0 saturated carbocycles. The van der Waals surface area contributed by atoms with Crippen LogP contribution in [0, 0.1) is 0 Å². The summed E-state index contributed by atoms with van der Waals surface area (Å²) >= 11 is 5.36. The van der Waals surface area contributed by atoms with E-state index in [1.807, 2.05) is 0 Å². The first-order valence-electron chi connectivity index (χ1n) is 3.65. The van der Waals surface area contributed by atoms with Crippen LogP contribution in [0.2, 0.25) is 0 Å². The molecule has 0 atom stereocenters. The number of alkyl halides is 1. The van der Waals surface area contributed by atoms with E-state index >= 15 is 0 Å². The molecule has 5 heteroatoms. The highest BCUT2D eigenvalue weighted by Gasteiger charge is 2.07. The molecule has 72 valence electrons. The Kier molecular flexibility index (Phi) is 5.53. The molecule has 0 bridgehead atoms. The van der Waals surface area contributed by atoms with Crippen LogP contribution in [0.4, 0.5) is 0 Å². The number of halogens is 1. The van der Waals surface area contributed by atoms with Gasteiger partial charge in [0.25, 0.3) is 0 Å². The largest absolute Gasteiger partial charge is 0.212 e. The van der Waals surface area contributed by atoms with E-state index in [0.29, 0.717) is 18.8 Å². The molecular formula is C7H14ClNO2S. The third-order valence-corrected chi connectivity index (χ3v) is 2.82. The predicted octanol–water partition coefficient (Wildman–Crippen LogP) is 1.11. The molecule has 0 aliphatic rings. The maximum absolute atomic E-state index is 11.1. The van der Waals surface area contributed by atoms with Gasteiger partial charge in [-0.1, -0.05) is 12.2 Å². The summed E-state index contributed by atoms with van der Waals surface area (Å²) in [4.78, 5) is 0. The maximum atomic E-state index is 11.1. The summed E-state index contributed by atoms with van der Waals surface area (Å²) in [5, 5.41) is 0. The van der Waals surface area contributed by atoms with Gasteiger partial charge in [0.2, 0.25) is 10.0 Å². The first-order chi connectivity index (χ1) is 5.48. The van der Waals surface area contributed by atoms with Crippen LogP contribution < -0.4 is 4.72 Å². The van der Waals surface area contributed by atoms with Crippen molar-refractivity contribution in [2.24, 2.45) is 0 Å². The van der Waals surface area contributed by atoms with Crippen LogP contribution in [-0.2, 0) is 10.0 Å². The topological polar surface area (TPSA) is 46.2 Å². The Balaban J connectivity index is 3.80. The lowest BCUT2D eigenvalue weighted by atomic mass is 10.4. The zero-order valence-corrected chi connectivity index (χ0v) is 8.71. The zero-order valence-electron chi connectivity index (χ0n) is 7.14. The lowest BCUT2D eigenvalue weighted by Gasteiger charge is -2.04. The Labute approximate surface area is 78.9 Å². The SMILES string of the molecule is C=C(C)CNS(=O)(=O)CCCCl. The smallest absolute Gasteiger partial charge is 0.211 e. The van der Waals surface area contributed by atoms with E-state index in [9.17, 15) is 8.42 Å².